The first-order valence-electron chi connectivity index (χ1n) is 7.27. The van der Waals surface area contributed by atoms with Crippen LogP contribution in [0.5, 0.6) is 0 Å². The maximum atomic E-state index is 12.8. The smallest absolute Gasteiger partial charge is 0.270 e. The number of hydrogen-bond donors (Lipinski definition) is 2. The van der Waals surface area contributed by atoms with Crippen LogP contribution < -0.4 is 10.6 Å². The molecule has 2 N–H and O–H groups in total. The van der Waals surface area contributed by atoms with E-state index in [0.717, 1.165) is 12.0 Å². The summed E-state index contributed by atoms with van der Waals surface area (Å²) in [6.07, 6.45) is 2.26. The van der Waals surface area contributed by atoms with Gasteiger partial charge in [-0.1, -0.05) is 12.1 Å². The molecule has 0 fully saturated rings. The Morgan fingerprint density at radius 3 is 2.78 bits per heavy atom. The molecule has 0 unspecified atom stereocenters. The second kappa shape index (κ2) is 8.79. The van der Waals surface area contributed by atoms with Crippen molar-refractivity contribution in [3.05, 3.63) is 53.6 Å². The molecule has 1 aromatic carbocycles. The van der Waals surface area contributed by atoms with Crippen LogP contribution in [-0.2, 0) is 11.3 Å². The second-order valence-electron chi connectivity index (χ2n) is 4.85. The zero-order valence-electron chi connectivity index (χ0n) is 12.9. The van der Waals surface area contributed by atoms with Crippen molar-refractivity contribution in [3.8, 4) is 0 Å². The van der Waals surface area contributed by atoms with E-state index in [2.05, 4.69) is 20.6 Å². The Morgan fingerprint density at radius 2 is 2.04 bits per heavy atom. The number of nitrogens with one attached hydrogen (secondary N) is 2. The molecule has 0 aliphatic rings. The highest BCUT2D eigenvalue weighted by atomic mass is 19.1. The van der Waals surface area contributed by atoms with Gasteiger partial charge in [-0.05, 0) is 30.2 Å². The van der Waals surface area contributed by atoms with Gasteiger partial charge in [-0.25, -0.2) is 14.4 Å². The molecule has 7 heteroatoms. The summed E-state index contributed by atoms with van der Waals surface area (Å²) in [7, 11) is 1.62. The van der Waals surface area contributed by atoms with Crippen molar-refractivity contribution >= 4 is 11.9 Å². The van der Waals surface area contributed by atoms with E-state index < -0.39 is 0 Å². The molecular weight excluding hydrogens is 299 g/mol. The van der Waals surface area contributed by atoms with Crippen LogP contribution in [0.25, 0.3) is 0 Å². The standard InChI is InChI=1S/C16H19FN4O2/c1-23-10-2-8-18-15(22)14-7-9-19-16(21-14)20-11-12-3-5-13(17)6-4-12/h3-7,9H,2,8,10-11H2,1H3,(H,18,22)(H,19,20,21). The molecule has 2 aromatic rings. The molecule has 1 heterocycles. The number of nitrogens with zero attached hydrogens (tertiary/aromatic N) is 2. The third kappa shape index (κ3) is 5.63. The van der Waals surface area contributed by atoms with Crippen molar-refractivity contribution in [1.29, 1.82) is 0 Å². The average molecular weight is 318 g/mol. The largest absolute Gasteiger partial charge is 0.385 e. The van der Waals surface area contributed by atoms with Gasteiger partial charge in [-0.2, -0.15) is 0 Å². The van der Waals surface area contributed by atoms with Gasteiger partial charge in [0, 0.05) is 33.0 Å². The molecule has 0 aliphatic carbocycles. The number of carbonyl (C=O) groups excluding carboxylic acids is 1. The van der Waals surface area contributed by atoms with Crippen molar-refractivity contribution in [3.63, 3.8) is 0 Å². The van der Waals surface area contributed by atoms with Gasteiger partial charge >= 0.3 is 0 Å². The van der Waals surface area contributed by atoms with Gasteiger partial charge in [-0.3, -0.25) is 4.79 Å². The molecule has 1 amide bonds. The van der Waals surface area contributed by atoms with E-state index in [4.69, 9.17) is 4.74 Å². The number of rotatable bonds is 8. The maximum absolute atomic E-state index is 12.8. The molecule has 0 atom stereocenters. The van der Waals surface area contributed by atoms with Crippen LogP contribution in [0.1, 0.15) is 22.5 Å². The summed E-state index contributed by atoms with van der Waals surface area (Å²) in [4.78, 5) is 20.2. The summed E-state index contributed by atoms with van der Waals surface area (Å²) in [5.41, 5.74) is 1.18. The number of amides is 1. The minimum Gasteiger partial charge on any atom is -0.385 e. The molecule has 0 radical (unpaired) electrons. The summed E-state index contributed by atoms with van der Waals surface area (Å²) in [6.45, 7) is 1.56. The Balaban J connectivity index is 1.88. The molecule has 0 saturated heterocycles. The SMILES string of the molecule is COCCCNC(=O)c1ccnc(NCc2ccc(F)cc2)n1. The van der Waals surface area contributed by atoms with Crippen molar-refractivity contribution in [2.45, 2.75) is 13.0 Å². The van der Waals surface area contributed by atoms with E-state index in [9.17, 15) is 9.18 Å². The summed E-state index contributed by atoms with van der Waals surface area (Å²) in [5.74, 6) is -0.190. The van der Waals surface area contributed by atoms with Crippen LogP contribution in [0.3, 0.4) is 0 Å². The monoisotopic (exact) mass is 318 g/mol. The molecular formula is C16H19FN4O2. The number of methoxy groups -OCH3 is 1. The fraction of sp³-hybridized carbons (Fsp3) is 0.312. The minimum atomic E-state index is -0.280. The van der Waals surface area contributed by atoms with Crippen LogP contribution in [0, 0.1) is 5.82 Å². The highest BCUT2D eigenvalue weighted by Gasteiger charge is 2.08. The predicted octanol–water partition coefficient (Wildman–Crippen LogP) is 1.99. The van der Waals surface area contributed by atoms with Crippen LogP contribution in [0.4, 0.5) is 10.3 Å². The lowest BCUT2D eigenvalue weighted by molar-refractivity contribution is 0.0943. The van der Waals surface area contributed by atoms with Gasteiger partial charge in [0.05, 0.1) is 0 Å². The van der Waals surface area contributed by atoms with Gasteiger partial charge in [-0.15, -0.1) is 0 Å². The third-order valence-electron chi connectivity index (χ3n) is 3.06. The van der Waals surface area contributed by atoms with Crippen LogP contribution in [-0.4, -0.2) is 36.1 Å². The average Bonchev–Trinajstić information content (AvgIpc) is 2.58. The van der Waals surface area contributed by atoms with E-state index in [1.807, 2.05) is 0 Å². The lowest BCUT2D eigenvalue weighted by Crippen LogP contribution is -2.26. The predicted molar refractivity (Wildman–Crippen MR) is 84.6 cm³/mol. The number of halogens is 1. The summed E-state index contributed by atoms with van der Waals surface area (Å²) < 4.78 is 17.8. The van der Waals surface area contributed by atoms with E-state index in [1.54, 1.807) is 25.3 Å². The maximum Gasteiger partial charge on any atom is 0.270 e. The Hall–Kier alpha value is -2.54. The molecule has 2 rings (SSSR count). The topological polar surface area (TPSA) is 76.1 Å². The molecule has 23 heavy (non-hydrogen) atoms. The number of carbonyl (C=O) groups is 1. The van der Waals surface area contributed by atoms with Crippen molar-refractivity contribution in [1.82, 2.24) is 15.3 Å². The first-order chi connectivity index (χ1) is 11.2. The highest BCUT2D eigenvalue weighted by molar-refractivity contribution is 5.92. The van der Waals surface area contributed by atoms with E-state index in [0.29, 0.717) is 31.3 Å². The molecule has 0 aliphatic heterocycles. The third-order valence-corrected chi connectivity index (χ3v) is 3.06. The zero-order valence-corrected chi connectivity index (χ0v) is 12.9. The van der Waals surface area contributed by atoms with Gasteiger partial charge in [0.15, 0.2) is 0 Å². The number of ether oxygens (including phenoxy) is 1. The Labute approximate surface area is 134 Å². The molecule has 0 saturated carbocycles. The number of hydrogen-bond acceptors (Lipinski definition) is 5. The molecule has 122 valence electrons. The molecule has 1 aromatic heterocycles. The first kappa shape index (κ1) is 16.8. The molecule has 6 nitrogen and oxygen atoms in total. The van der Waals surface area contributed by atoms with Crippen molar-refractivity contribution < 1.29 is 13.9 Å². The van der Waals surface area contributed by atoms with E-state index >= 15 is 0 Å². The van der Waals surface area contributed by atoms with Crippen LogP contribution in [0.2, 0.25) is 0 Å². The van der Waals surface area contributed by atoms with Gasteiger partial charge in [0.1, 0.15) is 11.5 Å². The fourth-order valence-electron chi connectivity index (χ4n) is 1.86. The summed E-state index contributed by atoms with van der Waals surface area (Å²) >= 11 is 0. The lowest BCUT2D eigenvalue weighted by Gasteiger charge is -2.07. The highest BCUT2D eigenvalue weighted by Crippen LogP contribution is 2.06. The van der Waals surface area contributed by atoms with Gasteiger partial charge in [0.25, 0.3) is 5.91 Å². The van der Waals surface area contributed by atoms with Gasteiger partial charge < -0.3 is 15.4 Å². The Morgan fingerprint density at radius 1 is 1.26 bits per heavy atom. The van der Waals surface area contributed by atoms with Gasteiger partial charge in [0.2, 0.25) is 5.95 Å². The fourth-order valence-corrected chi connectivity index (χ4v) is 1.86. The number of aromatic nitrogens is 2. The van der Waals surface area contributed by atoms with E-state index in [1.165, 1.54) is 18.3 Å². The van der Waals surface area contributed by atoms with Crippen molar-refractivity contribution in [2.24, 2.45) is 0 Å². The summed E-state index contributed by atoms with van der Waals surface area (Å²) in [5, 5.41) is 5.77. The van der Waals surface area contributed by atoms with E-state index in [-0.39, 0.29) is 11.7 Å². The van der Waals surface area contributed by atoms with Crippen molar-refractivity contribution in [2.75, 3.05) is 25.6 Å². The number of benzene rings is 1. The quantitative estimate of drug-likeness (QED) is 0.728. The minimum absolute atomic E-state index is 0.256. The Bertz CT molecular complexity index is 634. The van der Waals surface area contributed by atoms with Crippen LogP contribution in [0.15, 0.2) is 36.5 Å². The second-order valence-corrected chi connectivity index (χ2v) is 4.85. The number of anilines is 1. The molecule has 0 bridgehead atoms. The Kier molecular flexibility index (Phi) is 6.43. The van der Waals surface area contributed by atoms with Crippen LogP contribution >= 0.6 is 0 Å². The first-order valence-corrected chi connectivity index (χ1v) is 7.27. The lowest BCUT2D eigenvalue weighted by atomic mass is 10.2. The summed E-state index contributed by atoms with van der Waals surface area (Å²) in [6, 6.07) is 7.68. The normalized spacial score (nSPS) is 10.3. The molecule has 0 spiro atoms. The zero-order chi connectivity index (χ0) is 16.5.